The Kier molecular flexibility index (Phi) is 5.90. The molecule has 1 heterocycles. The van der Waals surface area contributed by atoms with Crippen LogP contribution in [0.2, 0.25) is 5.02 Å². The third-order valence-corrected chi connectivity index (χ3v) is 4.96. The summed E-state index contributed by atoms with van der Waals surface area (Å²) in [6.45, 7) is 1.45. The molecule has 7 nitrogen and oxygen atoms in total. The maximum Gasteiger partial charge on any atom is 0.329 e. The molecule has 0 spiro atoms. The van der Waals surface area contributed by atoms with Gasteiger partial charge in [-0.05, 0) is 65.4 Å². The lowest BCUT2D eigenvalue weighted by Gasteiger charge is -2.12. The van der Waals surface area contributed by atoms with Crippen molar-refractivity contribution in [3.05, 3.63) is 61.8 Å². The van der Waals surface area contributed by atoms with Crippen LogP contribution in [0.15, 0.2) is 42.1 Å². The van der Waals surface area contributed by atoms with Gasteiger partial charge in [-0.3, -0.25) is 9.59 Å². The minimum absolute atomic E-state index is 0.0540. The Bertz CT molecular complexity index is 1020. The molecule has 1 fully saturated rings. The highest BCUT2D eigenvalue weighted by molar-refractivity contribution is 14.1. The summed E-state index contributed by atoms with van der Waals surface area (Å²) in [4.78, 5) is 37.7. The first kappa shape index (κ1) is 20.2. The molecule has 0 bridgehead atoms. The number of halogens is 2. The van der Waals surface area contributed by atoms with Gasteiger partial charge in [0, 0.05) is 16.3 Å². The highest BCUT2D eigenvalue weighted by Crippen LogP contribution is 2.30. The molecule has 1 aliphatic heterocycles. The summed E-state index contributed by atoms with van der Waals surface area (Å²) in [5.74, 6) is -1.23. The number of urea groups is 1. The Balaban J connectivity index is 1.76. The van der Waals surface area contributed by atoms with Gasteiger partial charge in [0.2, 0.25) is 5.91 Å². The van der Waals surface area contributed by atoms with E-state index in [1.807, 2.05) is 35.6 Å². The zero-order chi connectivity index (χ0) is 20.4. The average molecular weight is 512 g/mol. The quantitative estimate of drug-likeness (QED) is 0.332. The van der Waals surface area contributed by atoms with Gasteiger partial charge in [-0.15, -0.1) is 0 Å². The standard InChI is InChI=1S/C19H15ClIN3O4/c1-10-3-2-4-13(5-10)22-16(25)9-24-18(27)15(23-19(24)28)7-11-6-12(20)8-14(21)17(11)26/h2-8,26H,9H2,1H3,(H,22,25)(H,23,28)/b15-7+. The maximum atomic E-state index is 12.5. The molecule has 144 valence electrons. The molecule has 9 heteroatoms. The summed E-state index contributed by atoms with van der Waals surface area (Å²) in [5, 5.41) is 15.6. The molecule has 3 N–H and O–H groups in total. The molecule has 2 aromatic rings. The van der Waals surface area contributed by atoms with Crippen molar-refractivity contribution in [3.8, 4) is 5.75 Å². The number of carbonyl (C=O) groups is 3. The number of aryl methyl sites for hydroxylation is 1. The van der Waals surface area contributed by atoms with E-state index in [1.54, 1.807) is 24.3 Å². The predicted octanol–water partition coefficient (Wildman–Crippen LogP) is 3.49. The fraction of sp³-hybridized carbons (Fsp3) is 0.105. The van der Waals surface area contributed by atoms with E-state index in [9.17, 15) is 19.5 Å². The zero-order valence-corrected chi connectivity index (χ0v) is 17.5. The van der Waals surface area contributed by atoms with Crippen molar-refractivity contribution in [2.45, 2.75) is 6.92 Å². The Morgan fingerprint density at radius 1 is 1.32 bits per heavy atom. The van der Waals surface area contributed by atoms with Crippen molar-refractivity contribution in [1.82, 2.24) is 10.2 Å². The number of hydrogen-bond acceptors (Lipinski definition) is 4. The lowest BCUT2D eigenvalue weighted by molar-refractivity contribution is -0.127. The van der Waals surface area contributed by atoms with E-state index >= 15 is 0 Å². The highest BCUT2D eigenvalue weighted by Gasteiger charge is 2.35. The molecule has 2 aromatic carbocycles. The average Bonchev–Trinajstić information content (AvgIpc) is 2.86. The van der Waals surface area contributed by atoms with Crippen LogP contribution in [0.4, 0.5) is 10.5 Å². The number of benzene rings is 2. The molecular formula is C19H15ClIN3O4. The van der Waals surface area contributed by atoms with Gasteiger partial charge in [0.15, 0.2) is 0 Å². The van der Waals surface area contributed by atoms with Crippen molar-refractivity contribution < 1.29 is 19.5 Å². The van der Waals surface area contributed by atoms with Crippen molar-refractivity contribution in [2.75, 3.05) is 11.9 Å². The molecule has 1 aliphatic rings. The molecule has 0 atom stereocenters. The lowest BCUT2D eigenvalue weighted by atomic mass is 10.1. The van der Waals surface area contributed by atoms with Crippen LogP contribution in [0.3, 0.4) is 0 Å². The van der Waals surface area contributed by atoms with Crippen LogP contribution in [-0.4, -0.2) is 34.4 Å². The van der Waals surface area contributed by atoms with E-state index in [2.05, 4.69) is 10.6 Å². The summed E-state index contributed by atoms with van der Waals surface area (Å²) < 4.78 is 0.503. The topological polar surface area (TPSA) is 98.7 Å². The predicted molar refractivity (Wildman–Crippen MR) is 114 cm³/mol. The Labute approximate surface area is 179 Å². The molecule has 3 rings (SSSR count). The van der Waals surface area contributed by atoms with Crippen LogP contribution in [0.5, 0.6) is 5.75 Å². The zero-order valence-electron chi connectivity index (χ0n) is 14.6. The number of anilines is 1. The molecule has 0 unspecified atom stereocenters. The summed E-state index contributed by atoms with van der Waals surface area (Å²) in [6, 6.07) is 9.49. The number of amides is 4. The van der Waals surface area contributed by atoms with Gasteiger partial charge < -0.3 is 15.7 Å². The number of nitrogens with zero attached hydrogens (tertiary/aromatic N) is 1. The molecular weight excluding hydrogens is 497 g/mol. The van der Waals surface area contributed by atoms with Crippen molar-refractivity contribution >= 4 is 63.8 Å². The van der Waals surface area contributed by atoms with E-state index < -0.39 is 24.4 Å². The van der Waals surface area contributed by atoms with Gasteiger partial charge in [-0.25, -0.2) is 9.69 Å². The van der Waals surface area contributed by atoms with Gasteiger partial charge in [0.1, 0.15) is 18.0 Å². The van der Waals surface area contributed by atoms with Gasteiger partial charge in [-0.1, -0.05) is 23.7 Å². The number of imide groups is 1. The fourth-order valence-corrected chi connectivity index (χ4v) is 3.69. The van der Waals surface area contributed by atoms with Crippen molar-refractivity contribution in [3.63, 3.8) is 0 Å². The Morgan fingerprint density at radius 2 is 2.07 bits per heavy atom. The third kappa shape index (κ3) is 4.45. The van der Waals surface area contributed by atoms with E-state index in [1.165, 1.54) is 12.1 Å². The first-order valence-electron chi connectivity index (χ1n) is 8.13. The van der Waals surface area contributed by atoms with E-state index in [-0.39, 0.29) is 17.0 Å². The first-order valence-corrected chi connectivity index (χ1v) is 9.59. The highest BCUT2D eigenvalue weighted by atomic mass is 127. The van der Waals surface area contributed by atoms with E-state index in [0.29, 0.717) is 14.3 Å². The molecule has 0 aliphatic carbocycles. The molecule has 1 saturated heterocycles. The van der Waals surface area contributed by atoms with Gasteiger partial charge in [-0.2, -0.15) is 0 Å². The van der Waals surface area contributed by atoms with Gasteiger partial charge in [0.25, 0.3) is 5.91 Å². The molecule has 0 radical (unpaired) electrons. The fourth-order valence-electron chi connectivity index (χ4n) is 2.63. The molecule has 28 heavy (non-hydrogen) atoms. The lowest BCUT2D eigenvalue weighted by Crippen LogP contribution is -2.38. The summed E-state index contributed by atoms with van der Waals surface area (Å²) in [6.07, 6.45) is 1.32. The van der Waals surface area contributed by atoms with Crippen molar-refractivity contribution in [2.24, 2.45) is 0 Å². The summed E-state index contributed by atoms with van der Waals surface area (Å²) >= 11 is 7.88. The van der Waals surface area contributed by atoms with Crippen LogP contribution in [0.25, 0.3) is 6.08 Å². The molecule has 4 amide bonds. The Morgan fingerprint density at radius 3 is 2.79 bits per heavy atom. The second-order valence-corrected chi connectivity index (χ2v) is 7.72. The number of nitrogens with one attached hydrogen (secondary N) is 2. The number of rotatable bonds is 4. The van der Waals surface area contributed by atoms with Crippen molar-refractivity contribution in [1.29, 1.82) is 0 Å². The largest absolute Gasteiger partial charge is 0.506 e. The minimum atomic E-state index is -0.716. The monoisotopic (exact) mass is 511 g/mol. The van der Waals surface area contributed by atoms with Crippen LogP contribution >= 0.6 is 34.2 Å². The van der Waals surface area contributed by atoms with Crippen LogP contribution < -0.4 is 10.6 Å². The second kappa shape index (κ2) is 8.19. The van der Waals surface area contributed by atoms with Crippen LogP contribution in [-0.2, 0) is 9.59 Å². The molecule has 0 saturated carbocycles. The molecule has 0 aromatic heterocycles. The first-order chi connectivity index (χ1) is 13.2. The SMILES string of the molecule is Cc1cccc(NC(=O)CN2C(=O)N/C(=C/c3cc(Cl)cc(I)c3O)C2=O)c1. The Hall–Kier alpha value is -2.59. The third-order valence-electron chi connectivity index (χ3n) is 3.92. The van der Waals surface area contributed by atoms with Gasteiger partial charge >= 0.3 is 6.03 Å². The smallest absolute Gasteiger partial charge is 0.329 e. The van der Waals surface area contributed by atoms with Gasteiger partial charge in [0.05, 0.1) is 3.57 Å². The normalized spacial score (nSPS) is 15.1. The number of phenolic OH excluding ortho intramolecular Hbond substituents is 1. The summed E-state index contributed by atoms with van der Waals surface area (Å²) in [5.41, 5.74) is 1.77. The minimum Gasteiger partial charge on any atom is -0.506 e. The van der Waals surface area contributed by atoms with Crippen LogP contribution in [0, 0.1) is 10.5 Å². The van der Waals surface area contributed by atoms with Crippen LogP contribution in [0.1, 0.15) is 11.1 Å². The van der Waals surface area contributed by atoms with E-state index in [4.69, 9.17) is 11.6 Å². The number of phenols is 1. The second-order valence-electron chi connectivity index (χ2n) is 6.12. The number of aromatic hydroxyl groups is 1. The number of hydrogen-bond donors (Lipinski definition) is 3. The maximum absolute atomic E-state index is 12.5. The number of carbonyl (C=O) groups excluding carboxylic acids is 3. The van der Waals surface area contributed by atoms with E-state index in [0.717, 1.165) is 10.5 Å². The summed E-state index contributed by atoms with van der Waals surface area (Å²) in [7, 11) is 0.